The highest BCUT2D eigenvalue weighted by molar-refractivity contribution is 7.90. The second kappa shape index (κ2) is 7.09. The van der Waals surface area contributed by atoms with Crippen molar-refractivity contribution in [2.45, 2.75) is 23.9 Å². The number of hydrogen-bond acceptors (Lipinski definition) is 4. The average molecular weight is 397 g/mol. The Balaban J connectivity index is 2.01. The van der Waals surface area contributed by atoms with Crippen molar-refractivity contribution in [2.24, 2.45) is 5.92 Å². The lowest BCUT2D eigenvalue weighted by molar-refractivity contribution is -0.137. The highest BCUT2D eigenvalue weighted by atomic mass is 32.2. The molecule has 1 heterocycles. The molecule has 0 saturated carbocycles. The van der Waals surface area contributed by atoms with Gasteiger partial charge in [-0.1, -0.05) is 12.1 Å². The summed E-state index contributed by atoms with van der Waals surface area (Å²) in [5.41, 5.74) is 2.12. The third kappa shape index (κ3) is 4.22. The first kappa shape index (κ1) is 19.6. The second-order valence-electron chi connectivity index (χ2n) is 6.64. The number of hydrogen-bond donors (Lipinski definition) is 1. The van der Waals surface area contributed by atoms with E-state index in [9.17, 15) is 26.7 Å². The van der Waals surface area contributed by atoms with E-state index < -0.39 is 21.6 Å². The SMILES string of the molecule is CS(=O)(=O)c1ccc(C2=C(c3ccc(C(F)(F)F)cc3)CC(CO)C2)nc1. The molecule has 1 unspecified atom stereocenters. The van der Waals surface area contributed by atoms with E-state index in [2.05, 4.69) is 4.98 Å². The smallest absolute Gasteiger partial charge is 0.396 e. The number of aromatic nitrogens is 1. The van der Waals surface area contributed by atoms with Gasteiger partial charge in [0.2, 0.25) is 0 Å². The molecule has 144 valence electrons. The average Bonchev–Trinajstić information content (AvgIpc) is 3.05. The summed E-state index contributed by atoms with van der Waals surface area (Å²) in [5.74, 6) is -0.0475. The van der Waals surface area contributed by atoms with Crippen molar-refractivity contribution in [1.82, 2.24) is 4.98 Å². The molecule has 0 radical (unpaired) electrons. The number of halogens is 3. The Labute approximate surface area is 155 Å². The quantitative estimate of drug-likeness (QED) is 0.852. The Morgan fingerprint density at radius 1 is 1.07 bits per heavy atom. The van der Waals surface area contributed by atoms with Crippen molar-refractivity contribution >= 4 is 21.0 Å². The number of allylic oxidation sites excluding steroid dienone is 2. The van der Waals surface area contributed by atoms with Crippen molar-refractivity contribution in [3.05, 3.63) is 59.4 Å². The van der Waals surface area contributed by atoms with Crippen LogP contribution in [0.5, 0.6) is 0 Å². The molecule has 0 spiro atoms. The molecule has 1 N–H and O–H groups in total. The Bertz CT molecular complexity index is 963. The second-order valence-corrected chi connectivity index (χ2v) is 8.66. The summed E-state index contributed by atoms with van der Waals surface area (Å²) >= 11 is 0. The van der Waals surface area contributed by atoms with E-state index in [1.54, 1.807) is 6.07 Å². The number of aliphatic hydroxyl groups is 1. The third-order valence-electron chi connectivity index (χ3n) is 4.64. The van der Waals surface area contributed by atoms with E-state index in [-0.39, 0.29) is 17.4 Å². The van der Waals surface area contributed by atoms with Gasteiger partial charge in [-0.05, 0) is 59.7 Å². The van der Waals surface area contributed by atoms with Gasteiger partial charge >= 0.3 is 6.18 Å². The van der Waals surface area contributed by atoms with Crippen LogP contribution in [0.15, 0.2) is 47.5 Å². The predicted octanol–water partition coefficient (Wildman–Crippen LogP) is 3.82. The van der Waals surface area contributed by atoms with E-state index in [1.165, 1.54) is 24.4 Å². The summed E-state index contributed by atoms with van der Waals surface area (Å²) in [5, 5.41) is 9.52. The van der Waals surface area contributed by atoms with Gasteiger partial charge in [0.15, 0.2) is 9.84 Å². The van der Waals surface area contributed by atoms with Crippen LogP contribution in [-0.2, 0) is 16.0 Å². The first-order valence-corrected chi connectivity index (χ1v) is 10.2. The lowest BCUT2D eigenvalue weighted by atomic mass is 9.98. The van der Waals surface area contributed by atoms with Crippen LogP contribution in [0.4, 0.5) is 13.2 Å². The van der Waals surface area contributed by atoms with Crippen molar-refractivity contribution < 1.29 is 26.7 Å². The first-order chi connectivity index (χ1) is 12.6. The normalized spacial score (nSPS) is 18.2. The number of aliphatic hydroxyl groups excluding tert-OH is 1. The Kier molecular flexibility index (Phi) is 5.14. The third-order valence-corrected chi connectivity index (χ3v) is 5.74. The first-order valence-electron chi connectivity index (χ1n) is 8.26. The molecule has 1 aliphatic rings. The summed E-state index contributed by atoms with van der Waals surface area (Å²) in [6.45, 7) is -0.0466. The lowest BCUT2D eigenvalue weighted by Crippen LogP contribution is -2.04. The number of sulfone groups is 1. The van der Waals surface area contributed by atoms with Crippen LogP contribution < -0.4 is 0 Å². The molecule has 0 bridgehead atoms. The van der Waals surface area contributed by atoms with Crippen LogP contribution >= 0.6 is 0 Å². The van der Waals surface area contributed by atoms with Crippen LogP contribution in [-0.4, -0.2) is 31.4 Å². The minimum atomic E-state index is -4.40. The largest absolute Gasteiger partial charge is 0.416 e. The van der Waals surface area contributed by atoms with Crippen LogP contribution in [0.3, 0.4) is 0 Å². The van der Waals surface area contributed by atoms with E-state index in [0.29, 0.717) is 24.1 Å². The zero-order valence-corrected chi connectivity index (χ0v) is 15.3. The Morgan fingerprint density at radius 2 is 1.70 bits per heavy atom. The standard InChI is InChI=1S/C19H18F3NO3S/c1-27(25,26)15-6-7-18(23-10-15)17-9-12(11-24)8-16(17)13-2-4-14(5-3-13)19(20,21)22/h2-7,10,12,24H,8-9,11H2,1H3. The summed E-state index contributed by atoms with van der Waals surface area (Å²) in [7, 11) is -3.37. The highest BCUT2D eigenvalue weighted by Gasteiger charge is 2.31. The molecule has 1 aromatic heterocycles. The molecule has 8 heteroatoms. The maximum Gasteiger partial charge on any atom is 0.416 e. The summed E-state index contributed by atoms with van der Waals surface area (Å²) < 4.78 is 61.5. The molecular weight excluding hydrogens is 379 g/mol. The summed E-state index contributed by atoms with van der Waals surface area (Å²) in [6, 6.07) is 7.96. The van der Waals surface area contributed by atoms with Gasteiger partial charge in [-0.3, -0.25) is 4.98 Å². The van der Waals surface area contributed by atoms with Gasteiger partial charge in [0.1, 0.15) is 0 Å². The summed E-state index contributed by atoms with van der Waals surface area (Å²) in [6.07, 6.45) is -0.991. The number of rotatable bonds is 4. The van der Waals surface area contributed by atoms with Crippen LogP contribution in [0.1, 0.15) is 29.7 Å². The van der Waals surface area contributed by atoms with Gasteiger partial charge in [-0.2, -0.15) is 13.2 Å². The fraction of sp³-hybridized carbons (Fsp3) is 0.316. The van der Waals surface area contributed by atoms with E-state index in [1.807, 2.05) is 0 Å². The molecule has 2 aromatic rings. The maximum absolute atomic E-state index is 12.8. The summed E-state index contributed by atoms with van der Waals surface area (Å²) in [4.78, 5) is 4.33. The molecule has 0 saturated heterocycles. The molecule has 0 aliphatic heterocycles. The van der Waals surface area contributed by atoms with Gasteiger partial charge in [0.25, 0.3) is 0 Å². The van der Waals surface area contributed by atoms with Crippen molar-refractivity contribution in [3.63, 3.8) is 0 Å². The van der Waals surface area contributed by atoms with Gasteiger partial charge in [0.05, 0.1) is 16.2 Å². The lowest BCUT2D eigenvalue weighted by Gasteiger charge is -2.11. The molecule has 0 fully saturated rings. The van der Waals surface area contributed by atoms with Crippen molar-refractivity contribution in [3.8, 4) is 0 Å². The maximum atomic E-state index is 12.8. The van der Waals surface area contributed by atoms with Crippen molar-refractivity contribution in [1.29, 1.82) is 0 Å². The van der Waals surface area contributed by atoms with E-state index in [4.69, 9.17) is 0 Å². The molecule has 1 atom stereocenters. The van der Waals surface area contributed by atoms with Gasteiger partial charge in [0, 0.05) is 19.1 Å². The zero-order valence-electron chi connectivity index (χ0n) is 14.5. The van der Waals surface area contributed by atoms with E-state index >= 15 is 0 Å². The molecular formula is C19H18F3NO3S. The molecule has 1 aromatic carbocycles. The number of pyridine rings is 1. The van der Waals surface area contributed by atoms with Crippen LogP contribution in [0, 0.1) is 5.92 Å². The fourth-order valence-electron chi connectivity index (χ4n) is 3.21. The molecule has 0 amide bonds. The number of nitrogens with zero attached hydrogens (tertiary/aromatic N) is 1. The number of benzene rings is 1. The zero-order chi connectivity index (χ0) is 19.8. The minimum absolute atomic E-state index is 0.0466. The fourth-order valence-corrected chi connectivity index (χ4v) is 3.77. The highest BCUT2D eigenvalue weighted by Crippen LogP contribution is 2.43. The Morgan fingerprint density at radius 3 is 2.19 bits per heavy atom. The van der Waals surface area contributed by atoms with Crippen LogP contribution in [0.25, 0.3) is 11.1 Å². The topological polar surface area (TPSA) is 67.3 Å². The molecule has 27 heavy (non-hydrogen) atoms. The minimum Gasteiger partial charge on any atom is -0.396 e. The number of alkyl halides is 3. The van der Waals surface area contributed by atoms with Gasteiger partial charge < -0.3 is 5.11 Å². The van der Waals surface area contributed by atoms with Crippen LogP contribution in [0.2, 0.25) is 0 Å². The molecule has 1 aliphatic carbocycles. The van der Waals surface area contributed by atoms with Gasteiger partial charge in [-0.25, -0.2) is 8.42 Å². The van der Waals surface area contributed by atoms with E-state index in [0.717, 1.165) is 29.5 Å². The molecule has 4 nitrogen and oxygen atoms in total. The monoisotopic (exact) mass is 397 g/mol. The van der Waals surface area contributed by atoms with Crippen molar-refractivity contribution in [2.75, 3.05) is 12.9 Å². The van der Waals surface area contributed by atoms with Gasteiger partial charge in [-0.15, -0.1) is 0 Å². The molecule has 3 rings (SSSR count). The Hall–Kier alpha value is -2.19. The predicted molar refractivity (Wildman–Crippen MR) is 95.4 cm³/mol.